The summed E-state index contributed by atoms with van der Waals surface area (Å²) in [5.41, 5.74) is 0.367. The minimum atomic E-state index is -1.05. The van der Waals surface area contributed by atoms with Crippen molar-refractivity contribution in [3.05, 3.63) is 18.1 Å². The zero-order chi connectivity index (χ0) is 10.9. The highest BCUT2D eigenvalue weighted by Crippen LogP contribution is 2.44. The van der Waals surface area contributed by atoms with E-state index in [0.717, 1.165) is 6.54 Å². The van der Waals surface area contributed by atoms with Crippen LogP contribution in [0.15, 0.2) is 12.4 Å². The van der Waals surface area contributed by atoms with Crippen molar-refractivity contribution in [3.8, 4) is 0 Å². The van der Waals surface area contributed by atoms with Crippen LogP contribution in [-0.2, 0) is 0 Å². The van der Waals surface area contributed by atoms with Gasteiger partial charge in [0, 0.05) is 6.54 Å². The topological polar surface area (TPSA) is 75.1 Å². The highest BCUT2D eigenvalue weighted by molar-refractivity contribution is 5.84. The van der Waals surface area contributed by atoms with Crippen LogP contribution >= 0.6 is 0 Å². The summed E-state index contributed by atoms with van der Waals surface area (Å²) in [4.78, 5) is 18.3. The highest BCUT2D eigenvalue weighted by Gasteiger charge is 2.36. The van der Waals surface area contributed by atoms with Gasteiger partial charge in [0.1, 0.15) is 5.82 Å². The van der Waals surface area contributed by atoms with Crippen LogP contribution in [0.2, 0.25) is 0 Å². The first-order valence-electron chi connectivity index (χ1n) is 4.88. The number of carbonyl (C=O) groups is 1. The molecule has 0 spiro atoms. The number of aromatic carboxylic acids is 1. The molecule has 1 aromatic heterocycles. The summed E-state index contributed by atoms with van der Waals surface area (Å²) in [6.07, 6.45) is 5.19. The normalized spacial score (nSPS) is 17.1. The molecule has 0 radical (unpaired) electrons. The maximum Gasteiger partial charge on any atom is 0.356 e. The number of hydrogen-bond donors (Lipinski definition) is 2. The van der Waals surface area contributed by atoms with Crippen molar-refractivity contribution >= 4 is 11.8 Å². The number of rotatable bonds is 4. The monoisotopic (exact) mass is 207 g/mol. The maximum absolute atomic E-state index is 10.5. The average molecular weight is 207 g/mol. The molecule has 0 bridgehead atoms. The van der Waals surface area contributed by atoms with E-state index in [0.29, 0.717) is 11.2 Å². The quantitative estimate of drug-likeness (QED) is 0.780. The summed E-state index contributed by atoms with van der Waals surface area (Å²) in [6.45, 7) is 3.08. The van der Waals surface area contributed by atoms with Gasteiger partial charge in [-0.1, -0.05) is 6.92 Å². The van der Waals surface area contributed by atoms with Gasteiger partial charge in [-0.15, -0.1) is 0 Å². The molecule has 15 heavy (non-hydrogen) atoms. The Hall–Kier alpha value is -1.65. The largest absolute Gasteiger partial charge is 0.476 e. The van der Waals surface area contributed by atoms with Gasteiger partial charge in [-0.25, -0.2) is 14.8 Å². The van der Waals surface area contributed by atoms with Gasteiger partial charge in [0.15, 0.2) is 5.69 Å². The van der Waals surface area contributed by atoms with Crippen LogP contribution < -0.4 is 5.32 Å². The summed E-state index contributed by atoms with van der Waals surface area (Å²) in [7, 11) is 0. The molecule has 1 aromatic rings. The van der Waals surface area contributed by atoms with Crippen molar-refractivity contribution in [1.29, 1.82) is 0 Å². The molecule has 1 aliphatic carbocycles. The van der Waals surface area contributed by atoms with Gasteiger partial charge in [0.2, 0.25) is 0 Å². The Morgan fingerprint density at radius 1 is 1.53 bits per heavy atom. The molecular weight excluding hydrogens is 194 g/mol. The Morgan fingerprint density at radius 3 is 2.73 bits per heavy atom. The fourth-order valence-electron chi connectivity index (χ4n) is 1.22. The molecule has 2 rings (SSSR count). The van der Waals surface area contributed by atoms with E-state index in [-0.39, 0.29) is 5.69 Å². The number of aromatic nitrogens is 2. The van der Waals surface area contributed by atoms with E-state index in [4.69, 9.17) is 5.11 Å². The molecule has 0 atom stereocenters. The summed E-state index contributed by atoms with van der Waals surface area (Å²) in [5, 5.41) is 11.8. The van der Waals surface area contributed by atoms with Crippen LogP contribution in [0.1, 0.15) is 30.3 Å². The van der Waals surface area contributed by atoms with Gasteiger partial charge >= 0.3 is 5.97 Å². The van der Waals surface area contributed by atoms with Gasteiger partial charge in [-0.2, -0.15) is 0 Å². The third-order valence-electron chi connectivity index (χ3n) is 2.67. The fraction of sp³-hybridized carbons (Fsp3) is 0.500. The Kier molecular flexibility index (Phi) is 2.30. The standard InChI is InChI=1S/C10H13N3O2/c1-10(2-3-10)6-13-8-5-11-7(4-12-8)9(14)15/h4-5H,2-3,6H2,1H3,(H,12,13)(H,14,15). The first-order chi connectivity index (χ1) is 7.09. The minimum absolute atomic E-state index is 0.0295. The van der Waals surface area contributed by atoms with E-state index in [1.807, 2.05) is 0 Å². The van der Waals surface area contributed by atoms with Crippen molar-refractivity contribution in [1.82, 2.24) is 9.97 Å². The summed E-state index contributed by atoms with van der Waals surface area (Å²) in [6, 6.07) is 0. The zero-order valence-corrected chi connectivity index (χ0v) is 8.53. The van der Waals surface area contributed by atoms with Gasteiger partial charge in [0.05, 0.1) is 12.4 Å². The molecule has 5 heteroatoms. The van der Waals surface area contributed by atoms with E-state index < -0.39 is 5.97 Å². The lowest BCUT2D eigenvalue weighted by Crippen LogP contribution is -2.13. The molecule has 2 N–H and O–H groups in total. The molecular formula is C10H13N3O2. The van der Waals surface area contributed by atoms with Crippen molar-refractivity contribution in [2.75, 3.05) is 11.9 Å². The Morgan fingerprint density at radius 2 is 2.27 bits per heavy atom. The molecule has 1 saturated carbocycles. The maximum atomic E-state index is 10.5. The van der Waals surface area contributed by atoms with Crippen LogP contribution in [0.3, 0.4) is 0 Å². The number of nitrogens with one attached hydrogen (secondary N) is 1. The fourth-order valence-corrected chi connectivity index (χ4v) is 1.22. The van der Waals surface area contributed by atoms with Crippen LogP contribution in [0.4, 0.5) is 5.82 Å². The van der Waals surface area contributed by atoms with E-state index in [9.17, 15) is 4.79 Å². The second kappa shape index (κ2) is 3.49. The molecule has 0 saturated heterocycles. The lowest BCUT2D eigenvalue weighted by molar-refractivity contribution is 0.0690. The van der Waals surface area contributed by atoms with Crippen LogP contribution in [-0.4, -0.2) is 27.6 Å². The Balaban J connectivity index is 1.95. The number of nitrogens with zero attached hydrogens (tertiary/aromatic N) is 2. The van der Waals surface area contributed by atoms with E-state index in [2.05, 4.69) is 22.2 Å². The first kappa shape index (κ1) is 9.89. The number of carboxylic acids is 1. The molecule has 5 nitrogen and oxygen atoms in total. The smallest absolute Gasteiger partial charge is 0.356 e. The van der Waals surface area contributed by atoms with Gasteiger partial charge in [-0.05, 0) is 18.3 Å². The van der Waals surface area contributed by atoms with E-state index in [1.54, 1.807) is 0 Å². The molecule has 1 fully saturated rings. The second-order valence-corrected chi connectivity index (χ2v) is 4.26. The lowest BCUT2D eigenvalue weighted by atomic mass is 10.1. The minimum Gasteiger partial charge on any atom is -0.476 e. The Labute approximate surface area is 87.6 Å². The van der Waals surface area contributed by atoms with Crippen molar-refractivity contribution in [3.63, 3.8) is 0 Å². The zero-order valence-electron chi connectivity index (χ0n) is 8.53. The van der Waals surface area contributed by atoms with Crippen LogP contribution in [0.25, 0.3) is 0 Å². The van der Waals surface area contributed by atoms with Crippen LogP contribution in [0, 0.1) is 5.41 Å². The molecule has 0 aromatic carbocycles. The van der Waals surface area contributed by atoms with Gasteiger partial charge in [0.25, 0.3) is 0 Å². The summed E-state index contributed by atoms with van der Waals surface area (Å²) < 4.78 is 0. The summed E-state index contributed by atoms with van der Waals surface area (Å²) >= 11 is 0. The van der Waals surface area contributed by atoms with Crippen molar-refractivity contribution < 1.29 is 9.90 Å². The Bertz CT molecular complexity index is 371. The molecule has 0 unspecified atom stereocenters. The molecule has 1 aliphatic rings. The SMILES string of the molecule is CC1(CNc2cnc(C(=O)O)cn2)CC1. The third kappa shape index (κ3) is 2.43. The average Bonchev–Trinajstić information content (AvgIpc) is 2.95. The van der Waals surface area contributed by atoms with E-state index >= 15 is 0 Å². The second-order valence-electron chi connectivity index (χ2n) is 4.26. The number of anilines is 1. The van der Waals surface area contributed by atoms with Crippen molar-refractivity contribution in [2.45, 2.75) is 19.8 Å². The van der Waals surface area contributed by atoms with Crippen molar-refractivity contribution in [2.24, 2.45) is 5.41 Å². The molecule has 0 aliphatic heterocycles. The summed E-state index contributed by atoms with van der Waals surface area (Å²) in [5.74, 6) is -0.420. The van der Waals surface area contributed by atoms with Gasteiger partial charge < -0.3 is 10.4 Å². The van der Waals surface area contributed by atoms with Gasteiger partial charge in [-0.3, -0.25) is 0 Å². The number of carboxylic acid groups (broad SMARTS) is 1. The predicted octanol–water partition coefficient (Wildman–Crippen LogP) is 1.39. The van der Waals surface area contributed by atoms with Crippen LogP contribution in [0.5, 0.6) is 0 Å². The van der Waals surface area contributed by atoms with E-state index in [1.165, 1.54) is 25.2 Å². The number of hydrogen-bond acceptors (Lipinski definition) is 4. The highest BCUT2D eigenvalue weighted by atomic mass is 16.4. The first-order valence-corrected chi connectivity index (χ1v) is 4.88. The predicted molar refractivity (Wildman–Crippen MR) is 54.8 cm³/mol. The lowest BCUT2D eigenvalue weighted by Gasteiger charge is -2.09. The molecule has 0 amide bonds. The third-order valence-corrected chi connectivity index (χ3v) is 2.67. The molecule has 1 heterocycles. The molecule has 80 valence electrons.